The summed E-state index contributed by atoms with van der Waals surface area (Å²) in [5, 5.41) is 3.77. The second-order valence-corrected chi connectivity index (χ2v) is 4.90. The molecule has 1 aromatic carbocycles. The third-order valence-corrected chi connectivity index (χ3v) is 2.89. The number of nitrogens with two attached hydrogens (primary N) is 1. The van der Waals surface area contributed by atoms with Crippen LogP contribution in [0.15, 0.2) is 27.2 Å². The molecular weight excluding hydrogens is 298 g/mol. The van der Waals surface area contributed by atoms with Crippen LogP contribution >= 0.6 is 15.9 Å². The lowest BCUT2D eigenvalue weighted by atomic mass is 10.1. The van der Waals surface area contributed by atoms with E-state index < -0.39 is 0 Å². The van der Waals surface area contributed by atoms with Crippen molar-refractivity contribution in [2.75, 3.05) is 0 Å². The summed E-state index contributed by atoms with van der Waals surface area (Å²) in [5.41, 5.74) is 6.84. The van der Waals surface area contributed by atoms with E-state index in [2.05, 4.69) is 26.1 Å². The Kier molecular flexibility index (Phi) is 3.98. The van der Waals surface area contributed by atoms with Crippen LogP contribution in [0.3, 0.4) is 0 Å². The predicted octanol–water partition coefficient (Wildman–Crippen LogP) is 2.74. The van der Waals surface area contributed by atoms with Gasteiger partial charge in [0.2, 0.25) is 11.7 Å². The largest absolute Gasteiger partial charge is 0.485 e. The molecule has 1 atom stereocenters. The van der Waals surface area contributed by atoms with E-state index in [0.29, 0.717) is 11.7 Å². The van der Waals surface area contributed by atoms with Crippen molar-refractivity contribution in [3.05, 3.63) is 40.0 Å². The molecule has 6 heteroatoms. The molecular formula is C12H14BrN3O2. The first-order chi connectivity index (χ1) is 8.56. The van der Waals surface area contributed by atoms with Gasteiger partial charge in [-0.1, -0.05) is 27.2 Å². The zero-order valence-electron chi connectivity index (χ0n) is 10.2. The summed E-state index contributed by atoms with van der Waals surface area (Å²) in [6.45, 7) is 3.91. The van der Waals surface area contributed by atoms with Gasteiger partial charge in [0, 0.05) is 23.0 Å². The number of nitrogens with zero attached hydrogens (tertiary/aromatic N) is 2. The van der Waals surface area contributed by atoms with Gasteiger partial charge < -0.3 is 15.0 Å². The van der Waals surface area contributed by atoms with Crippen LogP contribution in [0.25, 0.3) is 0 Å². The molecule has 1 aromatic heterocycles. The zero-order valence-corrected chi connectivity index (χ0v) is 11.8. The molecule has 0 aliphatic rings. The number of rotatable bonds is 4. The Hall–Kier alpha value is -1.40. The van der Waals surface area contributed by atoms with Crippen molar-refractivity contribution < 1.29 is 9.26 Å². The number of ether oxygens (including phenoxy) is 1. The highest BCUT2D eigenvalue weighted by Gasteiger charge is 2.10. The Bertz CT molecular complexity index is 540. The van der Waals surface area contributed by atoms with E-state index in [1.54, 1.807) is 6.92 Å². The zero-order chi connectivity index (χ0) is 13.1. The monoisotopic (exact) mass is 311 g/mol. The maximum Gasteiger partial charge on any atom is 0.223 e. The quantitative estimate of drug-likeness (QED) is 0.939. The fraction of sp³-hybridized carbons (Fsp3) is 0.333. The summed E-state index contributed by atoms with van der Waals surface area (Å²) < 4.78 is 11.5. The van der Waals surface area contributed by atoms with Crippen molar-refractivity contribution in [2.45, 2.75) is 26.5 Å². The highest BCUT2D eigenvalue weighted by atomic mass is 79.9. The number of hydrogen-bond acceptors (Lipinski definition) is 5. The van der Waals surface area contributed by atoms with Gasteiger partial charge in [0.05, 0.1) is 0 Å². The number of hydrogen-bond donors (Lipinski definition) is 1. The highest BCUT2D eigenvalue weighted by Crippen LogP contribution is 2.28. The first kappa shape index (κ1) is 13.0. The summed E-state index contributed by atoms with van der Waals surface area (Å²) in [5.74, 6) is 1.76. The Morgan fingerprint density at radius 3 is 2.89 bits per heavy atom. The van der Waals surface area contributed by atoms with Gasteiger partial charge in [0.25, 0.3) is 0 Å². The Balaban J connectivity index is 2.15. The van der Waals surface area contributed by atoms with E-state index in [9.17, 15) is 0 Å². The molecule has 0 aliphatic heterocycles. The minimum absolute atomic E-state index is 0.0971. The van der Waals surface area contributed by atoms with Crippen molar-refractivity contribution in [3.8, 4) is 5.75 Å². The Labute approximate surface area is 113 Å². The molecule has 18 heavy (non-hydrogen) atoms. The maximum absolute atomic E-state index is 5.89. The van der Waals surface area contributed by atoms with E-state index >= 15 is 0 Å². The van der Waals surface area contributed by atoms with E-state index in [-0.39, 0.29) is 12.6 Å². The predicted molar refractivity (Wildman–Crippen MR) is 70.1 cm³/mol. The van der Waals surface area contributed by atoms with Crippen LogP contribution in [0.1, 0.15) is 30.2 Å². The molecule has 0 saturated carbocycles. The van der Waals surface area contributed by atoms with Crippen LogP contribution in [0.2, 0.25) is 0 Å². The highest BCUT2D eigenvalue weighted by molar-refractivity contribution is 9.10. The van der Waals surface area contributed by atoms with Crippen molar-refractivity contribution in [2.24, 2.45) is 5.73 Å². The molecule has 0 amide bonds. The molecule has 0 bridgehead atoms. The van der Waals surface area contributed by atoms with Crippen LogP contribution in [-0.2, 0) is 6.61 Å². The Morgan fingerprint density at radius 2 is 2.28 bits per heavy atom. The molecule has 0 aliphatic carbocycles. The van der Waals surface area contributed by atoms with Gasteiger partial charge in [-0.25, -0.2) is 0 Å². The first-order valence-electron chi connectivity index (χ1n) is 5.53. The summed E-state index contributed by atoms with van der Waals surface area (Å²) in [7, 11) is 0. The molecule has 2 rings (SSSR count). The minimum Gasteiger partial charge on any atom is -0.485 e. The van der Waals surface area contributed by atoms with Gasteiger partial charge in [-0.15, -0.1) is 0 Å². The smallest absolute Gasteiger partial charge is 0.223 e. The molecule has 2 aromatic rings. The molecule has 0 radical (unpaired) electrons. The first-order valence-corrected chi connectivity index (χ1v) is 6.32. The van der Waals surface area contributed by atoms with E-state index in [0.717, 1.165) is 15.8 Å². The lowest BCUT2D eigenvalue weighted by Crippen LogP contribution is -2.08. The topological polar surface area (TPSA) is 74.2 Å². The molecule has 0 spiro atoms. The maximum atomic E-state index is 5.89. The van der Waals surface area contributed by atoms with Gasteiger partial charge in [0.15, 0.2) is 6.61 Å². The van der Waals surface area contributed by atoms with Gasteiger partial charge in [-0.05, 0) is 19.1 Å². The van der Waals surface area contributed by atoms with Gasteiger partial charge in [0.1, 0.15) is 5.75 Å². The lowest BCUT2D eigenvalue weighted by Gasteiger charge is -2.13. The van der Waals surface area contributed by atoms with Crippen molar-refractivity contribution in [3.63, 3.8) is 0 Å². The van der Waals surface area contributed by atoms with Crippen molar-refractivity contribution >= 4 is 15.9 Å². The van der Waals surface area contributed by atoms with Gasteiger partial charge >= 0.3 is 0 Å². The third kappa shape index (κ3) is 3.08. The second kappa shape index (κ2) is 5.49. The standard InChI is InChI=1S/C12H14BrN3O2/c1-7(14)10-4-3-9(13)5-11(10)17-6-12-15-8(2)18-16-12/h3-5,7H,6,14H2,1-2H3/t7-/m1/s1. The molecule has 5 nitrogen and oxygen atoms in total. The third-order valence-electron chi connectivity index (χ3n) is 2.39. The van der Waals surface area contributed by atoms with Crippen LogP contribution < -0.4 is 10.5 Å². The number of halogens is 1. The average molecular weight is 312 g/mol. The van der Waals surface area contributed by atoms with E-state index in [4.69, 9.17) is 15.0 Å². The van der Waals surface area contributed by atoms with E-state index in [1.807, 2.05) is 25.1 Å². The van der Waals surface area contributed by atoms with Crippen LogP contribution in [0, 0.1) is 6.92 Å². The summed E-state index contributed by atoms with van der Waals surface area (Å²) in [6.07, 6.45) is 0. The normalized spacial score (nSPS) is 12.4. The molecule has 96 valence electrons. The summed E-state index contributed by atoms with van der Waals surface area (Å²) in [6, 6.07) is 5.65. The molecule has 0 saturated heterocycles. The SMILES string of the molecule is Cc1nc(COc2cc(Br)ccc2[C@@H](C)N)no1. The van der Waals surface area contributed by atoms with Crippen LogP contribution in [-0.4, -0.2) is 10.1 Å². The Morgan fingerprint density at radius 1 is 1.50 bits per heavy atom. The van der Waals surface area contributed by atoms with E-state index in [1.165, 1.54) is 0 Å². The fourth-order valence-corrected chi connectivity index (χ4v) is 1.89. The minimum atomic E-state index is -0.0971. The average Bonchev–Trinajstić information content (AvgIpc) is 2.72. The van der Waals surface area contributed by atoms with Crippen molar-refractivity contribution in [1.82, 2.24) is 10.1 Å². The fourth-order valence-electron chi connectivity index (χ4n) is 1.55. The molecule has 0 unspecified atom stereocenters. The van der Waals surface area contributed by atoms with Gasteiger partial charge in [-0.3, -0.25) is 0 Å². The molecule has 0 fully saturated rings. The summed E-state index contributed by atoms with van der Waals surface area (Å²) in [4.78, 5) is 4.08. The lowest BCUT2D eigenvalue weighted by molar-refractivity contribution is 0.282. The van der Waals surface area contributed by atoms with Crippen LogP contribution in [0.4, 0.5) is 0 Å². The number of aryl methyl sites for hydroxylation is 1. The van der Waals surface area contributed by atoms with Crippen LogP contribution in [0.5, 0.6) is 5.75 Å². The van der Waals surface area contributed by atoms with Gasteiger partial charge in [-0.2, -0.15) is 4.98 Å². The second-order valence-electron chi connectivity index (χ2n) is 3.99. The summed E-state index contributed by atoms with van der Waals surface area (Å²) >= 11 is 3.41. The number of benzene rings is 1. The van der Waals surface area contributed by atoms with Crippen molar-refractivity contribution in [1.29, 1.82) is 0 Å². The molecule has 1 heterocycles. The molecule has 2 N–H and O–H groups in total. The number of aromatic nitrogens is 2.